The summed E-state index contributed by atoms with van der Waals surface area (Å²) in [5.41, 5.74) is 3.80. The van der Waals surface area contributed by atoms with E-state index in [-0.39, 0.29) is 0 Å². The number of nitrogens with zero attached hydrogens (tertiary/aromatic N) is 3. The Kier molecular flexibility index (Phi) is 4.32. The van der Waals surface area contributed by atoms with E-state index in [0.717, 1.165) is 36.6 Å². The number of fused-ring (bicyclic) bond motifs is 1. The molecule has 0 saturated heterocycles. The van der Waals surface area contributed by atoms with E-state index in [9.17, 15) is 0 Å². The first-order chi connectivity index (χ1) is 11.8. The quantitative estimate of drug-likeness (QED) is 0.779. The summed E-state index contributed by atoms with van der Waals surface area (Å²) >= 11 is 5.95. The van der Waals surface area contributed by atoms with E-state index in [1.54, 1.807) is 0 Å². The first-order valence-electron chi connectivity index (χ1n) is 8.27. The molecule has 122 valence electrons. The predicted octanol–water partition coefficient (Wildman–Crippen LogP) is 4.09. The molecule has 4 nitrogen and oxygen atoms in total. The normalized spacial score (nSPS) is 16.8. The molecule has 1 aliphatic rings. The Labute approximate surface area is 146 Å². The van der Waals surface area contributed by atoms with Gasteiger partial charge < -0.3 is 5.32 Å². The molecule has 5 heteroatoms. The van der Waals surface area contributed by atoms with E-state index in [2.05, 4.69) is 27.5 Å². The lowest BCUT2D eigenvalue weighted by atomic mass is 9.93. The summed E-state index contributed by atoms with van der Waals surface area (Å²) < 4.78 is 1.98. The van der Waals surface area contributed by atoms with E-state index in [1.807, 2.05) is 47.4 Å². The largest absolute Gasteiger partial charge is 0.306 e. The number of pyridine rings is 1. The summed E-state index contributed by atoms with van der Waals surface area (Å²) in [6, 6.07) is 14.3. The SMILES string of the molecule is Clc1ccc(CNC2CCCc3c2cnn3-c2ccccn2)cc1. The summed E-state index contributed by atoms with van der Waals surface area (Å²) in [4.78, 5) is 4.42. The summed E-state index contributed by atoms with van der Waals surface area (Å²) in [7, 11) is 0. The van der Waals surface area contributed by atoms with Crippen molar-refractivity contribution in [3.8, 4) is 5.82 Å². The van der Waals surface area contributed by atoms with Crippen molar-refractivity contribution in [2.75, 3.05) is 0 Å². The Bertz CT molecular complexity index is 811. The topological polar surface area (TPSA) is 42.7 Å². The third-order valence-electron chi connectivity index (χ3n) is 4.52. The van der Waals surface area contributed by atoms with Crippen LogP contribution in [0.25, 0.3) is 5.82 Å². The average molecular weight is 339 g/mol. The predicted molar refractivity (Wildman–Crippen MR) is 95.3 cm³/mol. The molecule has 0 aliphatic heterocycles. The molecule has 2 aromatic heterocycles. The van der Waals surface area contributed by atoms with E-state index < -0.39 is 0 Å². The molecule has 0 fully saturated rings. The number of aromatic nitrogens is 3. The number of hydrogen-bond acceptors (Lipinski definition) is 3. The van der Waals surface area contributed by atoms with E-state index in [1.165, 1.54) is 16.8 Å². The van der Waals surface area contributed by atoms with Crippen LogP contribution >= 0.6 is 11.6 Å². The summed E-state index contributed by atoms with van der Waals surface area (Å²) in [5, 5.41) is 9.02. The molecular formula is C19H19ClN4. The zero-order valence-electron chi connectivity index (χ0n) is 13.3. The first kappa shape index (κ1) is 15.4. The molecule has 24 heavy (non-hydrogen) atoms. The smallest absolute Gasteiger partial charge is 0.153 e. The van der Waals surface area contributed by atoms with Gasteiger partial charge in [-0.15, -0.1) is 0 Å². The van der Waals surface area contributed by atoms with Gasteiger partial charge in [-0.1, -0.05) is 29.8 Å². The van der Waals surface area contributed by atoms with Gasteiger partial charge in [0.1, 0.15) is 0 Å². The fraction of sp³-hybridized carbons (Fsp3) is 0.263. The van der Waals surface area contributed by atoms with Crippen LogP contribution in [0.15, 0.2) is 54.9 Å². The second-order valence-corrected chi connectivity index (χ2v) is 6.53. The number of benzene rings is 1. The number of nitrogens with one attached hydrogen (secondary N) is 1. The van der Waals surface area contributed by atoms with Gasteiger partial charge in [0.25, 0.3) is 0 Å². The van der Waals surface area contributed by atoms with Crippen molar-refractivity contribution in [1.82, 2.24) is 20.1 Å². The van der Waals surface area contributed by atoms with Crippen molar-refractivity contribution < 1.29 is 0 Å². The lowest BCUT2D eigenvalue weighted by Gasteiger charge is -2.24. The molecule has 0 amide bonds. The van der Waals surface area contributed by atoms with Crippen molar-refractivity contribution in [2.24, 2.45) is 0 Å². The van der Waals surface area contributed by atoms with Crippen molar-refractivity contribution >= 4 is 11.6 Å². The van der Waals surface area contributed by atoms with Gasteiger partial charge in [-0.05, 0) is 49.1 Å². The zero-order valence-corrected chi connectivity index (χ0v) is 14.1. The van der Waals surface area contributed by atoms with Crippen molar-refractivity contribution in [1.29, 1.82) is 0 Å². The second-order valence-electron chi connectivity index (χ2n) is 6.10. The van der Waals surface area contributed by atoms with Crippen LogP contribution in [-0.4, -0.2) is 14.8 Å². The summed E-state index contributed by atoms with van der Waals surface area (Å²) in [6.45, 7) is 0.829. The molecule has 0 bridgehead atoms. The fourth-order valence-corrected chi connectivity index (χ4v) is 3.41. The van der Waals surface area contributed by atoms with Crippen LogP contribution in [0.1, 0.15) is 35.7 Å². The molecule has 4 rings (SSSR count). The number of hydrogen-bond donors (Lipinski definition) is 1. The number of rotatable bonds is 4. The Morgan fingerprint density at radius 1 is 1.17 bits per heavy atom. The third kappa shape index (κ3) is 3.07. The van der Waals surface area contributed by atoms with Gasteiger partial charge >= 0.3 is 0 Å². The van der Waals surface area contributed by atoms with Crippen molar-refractivity contribution in [3.63, 3.8) is 0 Å². The van der Waals surface area contributed by atoms with Gasteiger partial charge in [0.2, 0.25) is 0 Å². The van der Waals surface area contributed by atoms with Crippen LogP contribution in [0.2, 0.25) is 5.02 Å². The van der Waals surface area contributed by atoms with Crippen molar-refractivity contribution in [2.45, 2.75) is 31.8 Å². The molecule has 1 aliphatic carbocycles. The van der Waals surface area contributed by atoms with Crippen LogP contribution < -0.4 is 5.32 Å². The highest BCUT2D eigenvalue weighted by Crippen LogP contribution is 2.31. The molecule has 0 radical (unpaired) electrons. The molecule has 0 saturated carbocycles. The highest BCUT2D eigenvalue weighted by Gasteiger charge is 2.24. The van der Waals surface area contributed by atoms with Gasteiger partial charge in [-0.3, -0.25) is 0 Å². The molecule has 0 spiro atoms. The molecule has 1 N–H and O–H groups in total. The maximum Gasteiger partial charge on any atom is 0.153 e. The standard InChI is InChI=1S/C19H19ClN4/c20-15-9-7-14(8-10-15)12-22-17-4-3-5-18-16(17)13-23-24(18)19-6-1-2-11-21-19/h1-2,6-11,13,17,22H,3-5,12H2. The van der Waals surface area contributed by atoms with E-state index in [0.29, 0.717) is 6.04 Å². The minimum atomic E-state index is 0.335. The van der Waals surface area contributed by atoms with Crippen LogP contribution in [-0.2, 0) is 13.0 Å². The summed E-state index contributed by atoms with van der Waals surface area (Å²) in [5.74, 6) is 0.886. The monoisotopic (exact) mass is 338 g/mol. The average Bonchev–Trinajstić information content (AvgIpc) is 3.07. The highest BCUT2D eigenvalue weighted by molar-refractivity contribution is 6.30. The molecule has 1 unspecified atom stereocenters. The minimum absolute atomic E-state index is 0.335. The molecule has 1 atom stereocenters. The van der Waals surface area contributed by atoms with Crippen LogP contribution in [0.3, 0.4) is 0 Å². The zero-order chi connectivity index (χ0) is 16.4. The Hall–Kier alpha value is -2.17. The van der Waals surface area contributed by atoms with Gasteiger partial charge in [0.15, 0.2) is 5.82 Å². The fourth-order valence-electron chi connectivity index (χ4n) is 3.29. The van der Waals surface area contributed by atoms with E-state index >= 15 is 0 Å². The Morgan fingerprint density at radius 2 is 2.04 bits per heavy atom. The van der Waals surface area contributed by atoms with Crippen LogP contribution in [0.4, 0.5) is 0 Å². The van der Waals surface area contributed by atoms with E-state index in [4.69, 9.17) is 11.6 Å². The lowest BCUT2D eigenvalue weighted by Crippen LogP contribution is -2.25. The molecule has 2 heterocycles. The van der Waals surface area contributed by atoms with Gasteiger partial charge in [-0.25, -0.2) is 9.67 Å². The number of halogens is 1. The summed E-state index contributed by atoms with van der Waals surface area (Å²) in [6.07, 6.45) is 7.13. The minimum Gasteiger partial charge on any atom is -0.306 e. The first-order valence-corrected chi connectivity index (χ1v) is 8.65. The maximum absolute atomic E-state index is 5.95. The second kappa shape index (κ2) is 6.75. The molecular weight excluding hydrogens is 320 g/mol. The third-order valence-corrected chi connectivity index (χ3v) is 4.77. The molecule has 1 aromatic carbocycles. The van der Waals surface area contributed by atoms with Gasteiger partial charge in [0.05, 0.1) is 11.9 Å². The Balaban J connectivity index is 1.54. The lowest BCUT2D eigenvalue weighted by molar-refractivity contribution is 0.454. The van der Waals surface area contributed by atoms with Gasteiger partial charge in [-0.2, -0.15) is 5.10 Å². The Morgan fingerprint density at radius 3 is 2.83 bits per heavy atom. The maximum atomic E-state index is 5.95. The van der Waals surface area contributed by atoms with Crippen LogP contribution in [0, 0.1) is 0 Å². The molecule has 3 aromatic rings. The van der Waals surface area contributed by atoms with Gasteiger partial charge in [0, 0.05) is 29.4 Å². The van der Waals surface area contributed by atoms with Crippen molar-refractivity contribution in [3.05, 3.63) is 76.7 Å². The van der Waals surface area contributed by atoms with Crippen LogP contribution in [0.5, 0.6) is 0 Å². The highest BCUT2D eigenvalue weighted by atomic mass is 35.5.